The second-order valence-corrected chi connectivity index (χ2v) is 3.22. The zero-order valence-corrected chi connectivity index (χ0v) is 8.20. The Kier molecular flexibility index (Phi) is 2.98. The fourth-order valence-corrected chi connectivity index (χ4v) is 1.48. The lowest BCUT2D eigenvalue weighted by Gasteiger charge is -2.15. The average molecular weight is 198 g/mol. The Hall–Kier alpha value is -1.26. The molecule has 0 aliphatic rings. The molecule has 4 N–H and O–H groups in total. The number of hydrogen-bond acceptors (Lipinski definition) is 4. The molecule has 1 rings (SSSR count). The first-order valence-corrected chi connectivity index (χ1v) is 4.29. The summed E-state index contributed by atoms with van der Waals surface area (Å²) in [6, 6.07) is 0. The molecule has 0 radical (unpaired) electrons. The molecule has 0 heterocycles. The van der Waals surface area contributed by atoms with Gasteiger partial charge in [0, 0.05) is 11.1 Å². The molecule has 0 fully saturated rings. The van der Waals surface area contributed by atoms with Gasteiger partial charge in [-0.25, -0.2) is 0 Å². The van der Waals surface area contributed by atoms with Crippen LogP contribution in [-0.4, -0.2) is 20.4 Å². The molecule has 0 amide bonds. The van der Waals surface area contributed by atoms with Crippen molar-refractivity contribution in [1.29, 1.82) is 0 Å². The SMILES string of the molecule is Cc1c(C)c(CO)c(O)c(O)c1CO. The molecule has 0 aromatic heterocycles. The van der Waals surface area contributed by atoms with E-state index in [1.165, 1.54) is 0 Å². The maximum atomic E-state index is 9.49. The van der Waals surface area contributed by atoms with Gasteiger partial charge in [0.2, 0.25) is 0 Å². The van der Waals surface area contributed by atoms with Crippen molar-refractivity contribution in [2.45, 2.75) is 27.1 Å². The van der Waals surface area contributed by atoms with Crippen molar-refractivity contribution in [1.82, 2.24) is 0 Å². The Morgan fingerprint density at radius 2 is 1.07 bits per heavy atom. The summed E-state index contributed by atoms with van der Waals surface area (Å²) in [7, 11) is 0. The van der Waals surface area contributed by atoms with E-state index in [0.717, 1.165) is 0 Å². The lowest BCUT2D eigenvalue weighted by Crippen LogP contribution is -1.99. The first-order valence-electron chi connectivity index (χ1n) is 4.29. The van der Waals surface area contributed by atoms with Crippen LogP contribution in [0.5, 0.6) is 11.5 Å². The molecule has 0 aliphatic carbocycles. The Morgan fingerprint density at radius 3 is 1.29 bits per heavy atom. The van der Waals surface area contributed by atoms with Crippen LogP contribution in [0.15, 0.2) is 0 Å². The molecule has 0 aliphatic heterocycles. The molecule has 0 bridgehead atoms. The monoisotopic (exact) mass is 198 g/mol. The van der Waals surface area contributed by atoms with Crippen molar-refractivity contribution in [3.63, 3.8) is 0 Å². The highest BCUT2D eigenvalue weighted by atomic mass is 16.3. The second-order valence-electron chi connectivity index (χ2n) is 3.22. The highest BCUT2D eigenvalue weighted by molar-refractivity contribution is 5.57. The van der Waals surface area contributed by atoms with Gasteiger partial charge in [0.25, 0.3) is 0 Å². The normalized spacial score (nSPS) is 10.6. The van der Waals surface area contributed by atoms with Crippen molar-refractivity contribution in [3.8, 4) is 11.5 Å². The standard InChI is InChI=1S/C10H14O4/c1-5-6(2)8(4-12)10(14)9(13)7(5)3-11/h11-14H,3-4H2,1-2H3. The number of aromatic hydroxyl groups is 2. The van der Waals surface area contributed by atoms with E-state index in [0.29, 0.717) is 22.3 Å². The molecule has 1 aromatic carbocycles. The van der Waals surface area contributed by atoms with E-state index in [-0.39, 0.29) is 24.7 Å². The van der Waals surface area contributed by atoms with E-state index >= 15 is 0 Å². The predicted molar refractivity (Wildman–Crippen MR) is 51.1 cm³/mol. The first kappa shape index (κ1) is 10.8. The third-order valence-corrected chi connectivity index (χ3v) is 2.58. The Balaban J connectivity index is 3.55. The van der Waals surface area contributed by atoms with E-state index in [2.05, 4.69) is 0 Å². The van der Waals surface area contributed by atoms with Crippen LogP contribution in [0.4, 0.5) is 0 Å². The van der Waals surface area contributed by atoms with Crippen molar-refractivity contribution in [3.05, 3.63) is 22.3 Å². The van der Waals surface area contributed by atoms with Gasteiger partial charge in [0.15, 0.2) is 11.5 Å². The third kappa shape index (κ3) is 1.42. The number of phenols is 2. The molecule has 0 saturated heterocycles. The topological polar surface area (TPSA) is 80.9 Å². The van der Waals surface area contributed by atoms with E-state index in [4.69, 9.17) is 10.2 Å². The van der Waals surface area contributed by atoms with E-state index < -0.39 is 0 Å². The molecular weight excluding hydrogens is 184 g/mol. The van der Waals surface area contributed by atoms with Gasteiger partial charge in [-0.15, -0.1) is 0 Å². The number of aliphatic hydroxyl groups excluding tert-OH is 2. The lowest BCUT2D eigenvalue weighted by molar-refractivity contribution is 0.262. The van der Waals surface area contributed by atoms with Crippen LogP contribution >= 0.6 is 0 Å². The molecule has 78 valence electrons. The maximum Gasteiger partial charge on any atom is 0.163 e. The van der Waals surface area contributed by atoms with Crippen molar-refractivity contribution >= 4 is 0 Å². The van der Waals surface area contributed by atoms with Crippen molar-refractivity contribution < 1.29 is 20.4 Å². The van der Waals surface area contributed by atoms with Gasteiger partial charge in [-0.05, 0) is 25.0 Å². The van der Waals surface area contributed by atoms with Gasteiger partial charge >= 0.3 is 0 Å². The van der Waals surface area contributed by atoms with Crippen LogP contribution in [0.25, 0.3) is 0 Å². The second kappa shape index (κ2) is 3.86. The largest absolute Gasteiger partial charge is 0.504 e. The van der Waals surface area contributed by atoms with Crippen LogP contribution in [-0.2, 0) is 13.2 Å². The van der Waals surface area contributed by atoms with Gasteiger partial charge in [0.05, 0.1) is 13.2 Å². The minimum atomic E-state index is -0.348. The predicted octanol–water partition coefficient (Wildman–Crippen LogP) is 0.699. The van der Waals surface area contributed by atoms with Crippen molar-refractivity contribution in [2.24, 2.45) is 0 Å². The molecule has 1 aromatic rings. The highest BCUT2D eigenvalue weighted by Crippen LogP contribution is 2.37. The van der Waals surface area contributed by atoms with Crippen LogP contribution in [0, 0.1) is 13.8 Å². The Bertz CT molecular complexity index is 294. The number of benzene rings is 1. The molecule has 14 heavy (non-hydrogen) atoms. The van der Waals surface area contributed by atoms with E-state index in [1.54, 1.807) is 13.8 Å². The summed E-state index contributed by atoms with van der Waals surface area (Å²) in [5.41, 5.74) is 1.98. The average Bonchev–Trinajstić information content (AvgIpc) is 2.17. The van der Waals surface area contributed by atoms with Crippen LogP contribution < -0.4 is 0 Å². The quantitative estimate of drug-likeness (QED) is 0.527. The molecular formula is C10H14O4. The summed E-state index contributed by atoms with van der Waals surface area (Å²) in [5.74, 6) is -0.695. The highest BCUT2D eigenvalue weighted by Gasteiger charge is 2.17. The summed E-state index contributed by atoms with van der Waals surface area (Å²) in [6.07, 6.45) is 0. The fraction of sp³-hybridized carbons (Fsp3) is 0.400. The smallest absolute Gasteiger partial charge is 0.163 e. The summed E-state index contributed by atoms with van der Waals surface area (Å²) in [5, 5.41) is 36.9. The van der Waals surface area contributed by atoms with Crippen LogP contribution in [0.2, 0.25) is 0 Å². The van der Waals surface area contributed by atoms with E-state index in [1.807, 2.05) is 0 Å². The van der Waals surface area contributed by atoms with Gasteiger partial charge in [0.1, 0.15) is 0 Å². The maximum absolute atomic E-state index is 9.49. The minimum absolute atomic E-state index is 0.303. The molecule has 0 spiro atoms. The summed E-state index contributed by atoms with van der Waals surface area (Å²) in [6.45, 7) is 2.77. The zero-order valence-electron chi connectivity index (χ0n) is 8.20. The molecule has 0 unspecified atom stereocenters. The zero-order chi connectivity index (χ0) is 10.9. The van der Waals surface area contributed by atoms with Crippen molar-refractivity contribution in [2.75, 3.05) is 0 Å². The Morgan fingerprint density at radius 1 is 0.786 bits per heavy atom. The van der Waals surface area contributed by atoms with Crippen LogP contribution in [0.1, 0.15) is 22.3 Å². The molecule has 4 heteroatoms. The van der Waals surface area contributed by atoms with Gasteiger partial charge in [-0.2, -0.15) is 0 Å². The summed E-state index contributed by atoms with van der Waals surface area (Å²) >= 11 is 0. The number of rotatable bonds is 2. The molecule has 4 nitrogen and oxygen atoms in total. The minimum Gasteiger partial charge on any atom is -0.504 e. The first-order chi connectivity index (χ1) is 6.54. The third-order valence-electron chi connectivity index (χ3n) is 2.58. The Labute approximate surface area is 82.1 Å². The molecule has 0 saturated carbocycles. The number of aliphatic hydroxyl groups is 2. The van der Waals surface area contributed by atoms with Gasteiger partial charge < -0.3 is 20.4 Å². The van der Waals surface area contributed by atoms with E-state index in [9.17, 15) is 10.2 Å². The summed E-state index contributed by atoms with van der Waals surface area (Å²) < 4.78 is 0. The van der Waals surface area contributed by atoms with Crippen LogP contribution in [0.3, 0.4) is 0 Å². The summed E-state index contributed by atoms with van der Waals surface area (Å²) in [4.78, 5) is 0. The number of hydrogen-bond donors (Lipinski definition) is 4. The molecule has 0 atom stereocenters. The fourth-order valence-electron chi connectivity index (χ4n) is 1.48. The van der Waals surface area contributed by atoms with Gasteiger partial charge in [-0.3, -0.25) is 0 Å². The lowest BCUT2D eigenvalue weighted by atomic mass is 9.96. The van der Waals surface area contributed by atoms with Gasteiger partial charge in [-0.1, -0.05) is 0 Å².